The van der Waals surface area contributed by atoms with Crippen LogP contribution in [-0.2, 0) is 4.79 Å². The largest absolute Gasteiger partial charge is 0.486 e. The van der Waals surface area contributed by atoms with E-state index in [9.17, 15) is 4.79 Å². The quantitative estimate of drug-likeness (QED) is 0.740. The van der Waals surface area contributed by atoms with E-state index in [1.165, 1.54) is 11.1 Å². The van der Waals surface area contributed by atoms with Crippen molar-refractivity contribution in [1.82, 2.24) is 4.90 Å². The van der Waals surface area contributed by atoms with Gasteiger partial charge < -0.3 is 19.1 Å². The number of amides is 1. The smallest absolute Gasteiger partial charge is 0.261 e. The highest BCUT2D eigenvalue weighted by molar-refractivity contribution is 5.78. The topological polar surface area (TPSA) is 48.0 Å². The van der Waals surface area contributed by atoms with E-state index in [2.05, 4.69) is 26.8 Å². The van der Waals surface area contributed by atoms with Crippen molar-refractivity contribution in [3.05, 3.63) is 53.1 Å². The maximum absolute atomic E-state index is 12.9. The number of hydrogen-bond acceptors (Lipinski definition) is 4. The van der Waals surface area contributed by atoms with Gasteiger partial charge in [-0.25, -0.2) is 0 Å². The number of carbonyl (C=O) groups is 1. The number of aryl methyl sites for hydroxylation is 1. The molecule has 154 valence electrons. The highest BCUT2D eigenvalue weighted by Crippen LogP contribution is 2.38. The molecule has 2 heterocycles. The second kappa shape index (κ2) is 8.36. The summed E-state index contributed by atoms with van der Waals surface area (Å²) in [5.41, 5.74) is 3.60. The van der Waals surface area contributed by atoms with Crippen LogP contribution in [0.1, 0.15) is 55.3 Å². The minimum Gasteiger partial charge on any atom is -0.486 e. The van der Waals surface area contributed by atoms with Crippen molar-refractivity contribution >= 4 is 5.91 Å². The molecular formula is C24H29NO4. The average molecular weight is 395 g/mol. The Morgan fingerprint density at radius 3 is 2.69 bits per heavy atom. The molecule has 2 aromatic rings. The van der Waals surface area contributed by atoms with Gasteiger partial charge in [-0.3, -0.25) is 4.79 Å². The van der Waals surface area contributed by atoms with Crippen LogP contribution in [-0.4, -0.2) is 37.2 Å². The minimum atomic E-state index is 0.0213. The average Bonchev–Trinajstić information content (AvgIpc) is 3.21. The Bertz CT molecular complexity index is 892. The van der Waals surface area contributed by atoms with Gasteiger partial charge in [0.1, 0.15) is 19.0 Å². The molecular weight excluding hydrogens is 366 g/mol. The molecule has 5 nitrogen and oxygen atoms in total. The lowest BCUT2D eigenvalue weighted by Crippen LogP contribution is -2.34. The summed E-state index contributed by atoms with van der Waals surface area (Å²) in [6.07, 6.45) is 1.95. The summed E-state index contributed by atoms with van der Waals surface area (Å²) >= 11 is 0. The van der Waals surface area contributed by atoms with Gasteiger partial charge in [0.05, 0.1) is 6.04 Å². The van der Waals surface area contributed by atoms with Gasteiger partial charge in [-0.2, -0.15) is 0 Å². The van der Waals surface area contributed by atoms with E-state index in [1.54, 1.807) is 0 Å². The molecule has 2 aliphatic heterocycles. The molecule has 2 aromatic carbocycles. The second-order valence-corrected chi connectivity index (χ2v) is 8.11. The zero-order valence-electron chi connectivity index (χ0n) is 17.4. The fourth-order valence-electron chi connectivity index (χ4n) is 4.29. The summed E-state index contributed by atoms with van der Waals surface area (Å²) in [5.74, 6) is 2.79. The van der Waals surface area contributed by atoms with Gasteiger partial charge in [-0.1, -0.05) is 26.0 Å². The van der Waals surface area contributed by atoms with Crippen LogP contribution >= 0.6 is 0 Å². The third kappa shape index (κ3) is 4.19. The minimum absolute atomic E-state index is 0.0213. The number of hydrogen-bond donors (Lipinski definition) is 0. The van der Waals surface area contributed by atoms with Crippen molar-refractivity contribution in [3.63, 3.8) is 0 Å². The molecule has 0 saturated carbocycles. The van der Waals surface area contributed by atoms with Gasteiger partial charge >= 0.3 is 0 Å². The van der Waals surface area contributed by atoms with Crippen LogP contribution in [0.15, 0.2) is 36.4 Å². The summed E-state index contributed by atoms with van der Waals surface area (Å²) in [7, 11) is 0. The maximum atomic E-state index is 12.9. The Balaban J connectivity index is 1.42. The van der Waals surface area contributed by atoms with Crippen LogP contribution < -0.4 is 14.2 Å². The summed E-state index contributed by atoms with van der Waals surface area (Å²) in [4.78, 5) is 14.8. The normalized spacial score (nSPS) is 18.2. The molecule has 1 atom stereocenters. The molecule has 4 rings (SSSR count). The van der Waals surface area contributed by atoms with Gasteiger partial charge in [-0.05, 0) is 66.6 Å². The highest BCUT2D eigenvalue weighted by Gasteiger charge is 2.31. The number of rotatable bonds is 5. The molecule has 1 unspecified atom stereocenters. The van der Waals surface area contributed by atoms with Crippen molar-refractivity contribution < 1.29 is 19.0 Å². The van der Waals surface area contributed by atoms with Crippen LogP contribution in [0.5, 0.6) is 17.2 Å². The summed E-state index contributed by atoms with van der Waals surface area (Å²) in [6, 6.07) is 12.1. The van der Waals surface area contributed by atoms with Crippen molar-refractivity contribution in [2.45, 2.75) is 45.6 Å². The number of ether oxygens (including phenoxy) is 3. The molecule has 5 heteroatoms. The van der Waals surface area contributed by atoms with Crippen molar-refractivity contribution in [3.8, 4) is 17.2 Å². The fourth-order valence-corrected chi connectivity index (χ4v) is 4.29. The van der Waals surface area contributed by atoms with Gasteiger partial charge in [0.25, 0.3) is 5.91 Å². The Hall–Kier alpha value is -2.69. The van der Waals surface area contributed by atoms with Gasteiger partial charge in [-0.15, -0.1) is 0 Å². The molecule has 1 fully saturated rings. The van der Waals surface area contributed by atoms with Crippen molar-refractivity contribution in [1.29, 1.82) is 0 Å². The number of carbonyl (C=O) groups excluding carboxylic acids is 1. The van der Waals surface area contributed by atoms with Crippen LogP contribution in [0.2, 0.25) is 0 Å². The standard InChI is InChI=1S/C24H29NO4/c1-16(2)20-8-7-19(13-17(20)3)29-15-24(26)25-10-4-5-21(25)18-6-9-22-23(14-18)28-12-11-27-22/h6-9,13-14,16,21H,4-5,10-12,15H2,1-3H3. The third-order valence-corrected chi connectivity index (χ3v) is 5.75. The molecule has 1 saturated heterocycles. The zero-order chi connectivity index (χ0) is 20.4. The predicted molar refractivity (Wildman–Crippen MR) is 112 cm³/mol. The Labute approximate surface area is 172 Å². The molecule has 0 N–H and O–H groups in total. The first kappa shape index (κ1) is 19.6. The molecule has 1 amide bonds. The Kier molecular flexibility index (Phi) is 5.65. The summed E-state index contributed by atoms with van der Waals surface area (Å²) < 4.78 is 17.2. The second-order valence-electron chi connectivity index (χ2n) is 8.11. The molecule has 29 heavy (non-hydrogen) atoms. The molecule has 0 aliphatic carbocycles. The lowest BCUT2D eigenvalue weighted by molar-refractivity contribution is -0.134. The van der Waals surface area contributed by atoms with Crippen LogP contribution in [0, 0.1) is 6.92 Å². The molecule has 0 spiro atoms. The predicted octanol–water partition coefficient (Wildman–Crippen LogP) is 4.63. The first-order chi connectivity index (χ1) is 14.0. The number of benzene rings is 2. The van der Waals surface area contributed by atoms with E-state index < -0.39 is 0 Å². The summed E-state index contributed by atoms with van der Waals surface area (Å²) in [6.45, 7) is 8.40. The van der Waals surface area contributed by atoms with Crippen LogP contribution in [0.3, 0.4) is 0 Å². The van der Waals surface area contributed by atoms with E-state index in [4.69, 9.17) is 14.2 Å². The lowest BCUT2D eigenvalue weighted by Gasteiger charge is -2.27. The van der Waals surface area contributed by atoms with E-state index in [0.717, 1.165) is 42.2 Å². The third-order valence-electron chi connectivity index (χ3n) is 5.75. The summed E-state index contributed by atoms with van der Waals surface area (Å²) in [5, 5.41) is 0. The first-order valence-electron chi connectivity index (χ1n) is 10.5. The Morgan fingerprint density at radius 2 is 1.93 bits per heavy atom. The Morgan fingerprint density at radius 1 is 1.14 bits per heavy atom. The van der Waals surface area contributed by atoms with Crippen LogP contribution in [0.4, 0.5) is 0 Å². The lowest BCUT2D eigenvalue weighted by atomic mass is 9.98. The van der Waals surface area contributed by atoms with Gasteiger partial charge in [0.15, 0.2) is 18.1 Å². The molecule has 2 aliphatic rings. The van der Waals surface area contributed by atoms with E-state index in [0.29, 0.717) is 19.1 Å². The fraction of sp³-hybridized carbons (Fsp3) is 0.458. The van der Waals surface area contributed by atoms with Crippen LogP contribution in [0.25, 0.3) is 0 Å². The maximum Gasteiger partial charge on any atom is 0.261 e. The zero-order valence-corrected chi connectivity index (χ0v) is 17.4. The van der Waals surface area contributed by atoms with E-state index in [1.807, 2.05) is 35.2 Å². The molecule has 0 radical (unpaired) electrons. The molecule has 0 bridgehead atoms. The van der Waals surface area contributed by atoms with Gasteiger partial charge in [0.2, 0.25) is 0 Å². The van der Waals surface area contributed by atoms with Gasteiger partial charge in [0, 0.05) is 6.54 Å². The number of fused-ring (bicyclic) bond motifs is 1. The molecule has 0 aromatic heterocycles. The number of nitrogens with zero attached hydrogens (tertiary/aromatic N) is 1. The monoisotopic (exact) mass is 395 g/mol. The van der Waals surface area contributed by atoms with E-state index >= 15 is 0 Å². The SMILES string of the molecule is Cc1cc(OCC(=O)N2CCCC2c2ccc3c(c2)OCCO3)ccc1C(C)C. The number of likely N-dealkylation sites (tertiary alicyclic amines) is 1. The van der Waals surface area contributed by atoms with E-state index in [-0.39, 0.29) is 18.6 Å². The van der Waals surface area contributed by atoms with Crippen molar-refractivity contribution in [2.75, 3.05) is 26.4 Å². The highest BCUT2D eigenvalue weighted by atomic mass is 16.6. The van der Waals surface area contributed by atoms with Crippen molar-refractivity contribution in [2.24, 2.45) is 0 Å². The first-order valence-corrected chi connectivity index (χ1v) is 10.5.